The molecule has 0 atom stereocenters. The van der Waals surface area contributed by atoms with E-state index in [1.807, 2.05) is 25.2 Å². The Morgan fingerprint density at radius 1 is 1.24 bits per heavy atom. The lowest BCUT2D eigenvalue weighted by Crippen LogP contribution is -2.12. The summed E-state index contributed by atoms with van der Waals surface area (Å²) in [5.41, 5.74) is 2.12. The summed E-state index contributed by atoms with van der Waals surface area (Å²) in [5.74, 6) is -0.0561. The van der Waals surface area contributed by atoms with E-state index < -0.39 is 5.97 Å². The standard InChI is InChI=1S/C17H18N4O3S/c1-9(2)15-19-20-17-21(15)10(3)14(25-17)16(24)18-12-6-4-11(5-7-12)8-13(22)23/h4-7,9H,8H2,1-3H3,(H,18,24)(H,22,23). The number of benzene rings is 1. The number of carboxylic acid groups (broad SMARTS) is 1. The van der Waals surface area contributed by atoms with Gasteiger partial charge in [-0.15, -0.1) is 10.2 Å². The molecule has 0 aliphatic rings. The van der Waals surface area contributed by atoms with E-state index in [4.69, 9.17) is 5.11 Å². The van der Waals surface area contributed by atoms with Gasteiger partial charge in [-0.2, -0.15) is 0 Å². The fourth-order valence-electron chi connectivity index (χ4n) is 2.58. The van der Waals surface area contributed by atoms with Crippen molar-refractivity contribution in [3.63, 3.8) is 0 Å². The molecule has 2 heterocycles. The van der Waals surface area contributed by atoms with Crippen molar-refractivity contribution in [2.75, 3.05) is 5.32 Å². The van der Waals surface area contributed by atoms with Crippen LogP contribution in [0.15, 0.2) is 24.3 Å². The quantitative estimate of drug-likeness (QED) is 0.730. The first-order valence-electron chi connectivity index (χ1n) is 7.83. The highest BCUT2D eigenvalue weighted by atomic mass is 32.1. The van der Waals surface area contributed by atoms with Crippen molar-refractivity contribution in [3.8, 4) is 0 Å². The molecule has 1 aromatic carbocycles. The number of thiazole rings is 1. The summed E-state index contributed by atoms with van der Waals surface area (Å²) < 4.78 is 1.92. The molecule has 8 heteroatoms. The van der Waals surface area contributed by atoms with Crippen molar-refractivity contribution < 1.29 is 14.7 Å². The van der Waals surface area contributed by atoms with Crippen LogP contribution in [0.25, 0.3) is 4.96 Å². The van der Waals surface area contributed by atoms with Gasteiger partial charge in [0.25, 0.3) is 5.91 Å². The molecule has 0 unspecified atom stereocenters. The second-order valence-electron chi connectivity index (χ2n) is 6.07. The van der Waals surface area contributed by atoms with Gasteiger partial charge in [0.2, 0.25) is 4.96 Å². The Bertz CT molecular complexity index is 941. The van der Waals surface area contributed by atoms with Crippen molar-refractivity contribution in [2.24, 2.45) is 0 Å². The number of aliphatic carboxylic acids is 1. The summed E-state index contributed by atoms with van der Waals surface area (Å²) in [4.78, 5) is 24.6. The first kappa shape index (κ1) is 17.1. The van der Waals surface area contributed by atoms with Gasteiger partial charge in [-0.3, -0.25) is 14.0 Å². The number of carbonyl (C=O) groups is 2. The fourth-order valence-corrected chi connectivity index (χ4v) is 3.55. The zero-order valence-corrected chi connectivity index (χ0v) is 14.9. The Balaban J connectivity index is 1.83. The summed E-state index contributed by atoms with van der Waals surface area (Å²) in [7, 11) is 0. The zero-order valence-electron chi connectivity index (χ0n) is 14.1. The summed E-state index contributed by atoms with van der Waals surface area (Å²) in [6, 6.07) is 6.79. The second-order valence-corrected chi connectivity index (χ2v) is 7.05. The molecule has 25 heavy (non-hydrogen) atoms. The number of nitrogens with one attached hydrogen (secondary N) is 1. The molecule has 0 bridgehead atoms. The number of nitrogens with zero attached hydrogens (tertiary/aromatic N) is 3. The molecule has 3 aromatic rings. The molecule has 0 fully saturated rings. The van der Waals surface area contributed by atoms with Gasteiger partial charge < -0.3 is 10.4 Å². The van der Waals surface area contributed by atoms with Gasteiger partial charge in [-0.1, -0.05) is 37.3 Å². The molecule has 0 saturated carbocycles. The largest absolute Gasteiger partial charge is 0.481 e. The van der Waals surface area contributed by atoms with E-state index in [-0.39, 0.29) is 18.2 Å². The van der Waals surface area contributed by atoms with Crippen LogP contribution < -0.4 is 5.32 Å². The predicted octanol–water partition coefficient (Wildman–Crippen LogP) is 3.10. The molecule has 0 aliphatic heterocycles. The van der Waals surface area contributed by atoms with Crippen LogP contribution in [0.4, 0.5) is 5.69 Å². The Labute approximate surface area is 148 Å². The lowest BCUT2D eigenvalue weighted by molar-refractivity contribution is -0.136. The van der Waals surface area contributed by atoms with E-state index in [0.717, 1.165) is 11.5 Å². The molecule has 0 aliphatic carbocycles. The molecule has 3 rings (SSSR count). The molecule has 2 N–H and O–H groups in total. The van der Waals surface area contributed by atoms with Gasteiger partial charge in [0, 0.05) is 17.3 Å². The van der Waals surface area contributed by atoms with Crippen LogP contribution in [-0.2, 0) is 11.2 Å². The van der Waals surface area contributed by atoms with Crippen molar-refractivity contribution in [1.29, 1.82) is 0 Å². The monoisotopic (exact) mass is 358 g/mol. The van der Waals surface area contributed by atoms with E-state index in [1.165, 1.54) is 11.3 Å². The van der Waals surface area contributed by atoms with E-state index in [9.17, 15) is 9.59 Å². The van der Waals surface area contributed by atoms with Crippen LogP contribution in [0, 0.1) is 6.92 Å². The Morgan fingerprint density at radius 2 is 1.92 bits per heavy atom. The van der Waals surface area contributed by atoms with Gasteiger partial charge in [0.05, 0.1) is 6.42 Å². The summed E-state index contributed by atoms with van der Waals surface area (Å²) in [6.07, 6.45) is -0.0412. The highest BCUT2D eigenvalue weighted by Crippen LogP contribution is 2.26. The maximum atomic E-state index is 12.6. The Morgan fingerprint density at radius 3 is 2.52 bits per heavy atom. The van der Waals surface area contributed by atoms with Crippen molar-refractivity contribution in [1.82, 2.24) is 14.6 Å². The third-order valence-electron chi connectivity index (χ3n) is 3.81. The lowest BCUT2D eigenvalue weighted by atomic mass is 10.1. The van der Waals surface area contributed by atoms with Crippen LogP contribution >= 0.6 is 11.3 Å². The second kappa shape index (κ2) is 6.64. The fraction of sp³-hybridized carbons (Fsp3) is 0.294. The normalized spacial score (nSPS) is 11.2. The maximum absolute atomic E-state index is 12.6. The number of hydrogen-bond acceptors (Lipinski definition) is 5. The minimum Gasteiger partial charge on any atom is -0.481 e. The lowest BCUT2D eigenvalue weighted by Gasteiger charge is -2.06. The molecule has 1 amide bonds. The molecule has 130 valence electrons. The first-order valence-corrected chi connectivity index (χ1v) is 8.65. The number of anilines is 1. The van der Waals surface area contributed by atoms with Gasteiger partial charge in [-0.05, 0) is 24.6 Å². The van der Waals surface area contributed by atoms with Crippen LogP contribution in [0.2, 0.25) is 0 Å². The molecule has 0 radical (unpaired) electrons. The van der Waals surface area contributed by atoms with E-state index >= 15 is 0 Å². The molecule has 0 saturated heterocycles. The number of aryl methyl sites for hydroxylation is 1. The van der Waals surface area contributed by atoms with Crippen LogP contribution in [-0.4, -0.2) is 31.6 Å². The molecule has 7 nitrogen and oxygen atoms in total. The van der Waals surface area contributed by atoms with E-state index in [0.29, 0.717) is 21.1 Å². The number of aromatic nitrogens is 3. The summed E-state index contributed by atoms with van der Waals surface area (Å²) in [5, 5.41) is 20.0. The molecule has 2 aromatic heterocycles. The van der Waals surface area contributed by atoms with Crippen LogP contribution in [0.5, 0.6) is 0 Å². The zero-order chi connectivity index (χ0) is 18.1. The van der Waals surface area contributed by atoms with Crippen molar-refractivity contribution in [3.05, 3.63) is 46.2 Å². The van der Waals surface area contributed by atoms with Crippen molar-refractivity contribution >= 4 is 33.9 Å². The minimum atomic E-state index is -0.885. The van der Waals surface area contributed by atoms with Gasteiger partial charge in [0.1, 0.15) is 10.7 Å². The topological polar surface area (TPSA) is 96.6 Å². The third kappa shape index (κ3) is 3.39. The predicted molar refractivity (Wildman–Crippen MR) is 95.4 cm³/mol. The minimum absolute atomic E-state index is 0.0412. The van der Waals surface area contributed by atoms with Gasteiger partial charge in [-0.25, -0.2) is 0 Å². The van der Waals surface area contributed by atoms with E-state index in [1.54, 1.807) is 24.3 Å². The average Bonchev–Trinajstić information content (AvgIpc) is 3.09. The SMILES string of the molecule is Cc1c(C(=O)Nc2ccc(CC(=O)O)cc2)sc2nnc(C(C)C)n12. The smallest absolute Gasteiger partial charge is 0.307 e. The summed E-state index contributed by atoms with van der Waals surface area (Å²) in [6.45, 7) is 5.95. The van der Waals surface area contributed by atoms with Gasteiger partial charge >= 0.3 is 5.97 Å². The molecular formula is C17H18N4O3S. The van der Waals surface area contributed by atoms with E-state index in [2.05, 4.69) is 15.5 Å². The first-order chi connectivity index (χ1) is 11.9. The number of fused-ring (bicyclic) bond motifs is 1. The maximum Gasteiger partial charge on any atom is 0.307 e. The van der Waals surface area contributed by atoms with Gasteiger partial charge in [0.15, 0.2) is 0 Å². The number of carboxylic acids is 1. The molecular weight excluding hydrogens is 340 g/mol. The third-order valence-corrected chi connectivity index (χ3v) is 4.94. The number of amides is 1. The number of hydrogen-bond donors (Lipinski definition) is 2. The number of carbonyl (C=O) groups excluding carboxylic acids is 1. The summed E-state index contributed by atoms with van der Waals surface area (Å²) >= 11 is 1.30. The Hall–Kier alpha value is -2.74. The van der Waals surface area contributed by atoms with Crippen molar-refractivity contribution in [2.45, 2.75) is 33.1 Å². The highest BCUT2D eigenvalue weighted by molar-refractivity contribution is 7.19. The molecule has 0 spiro atoms. The Kier molecular flexibility index (Phi) is 4.54. The van der Waals surface area contributed by atoms with Crippen LogP contribution in [0.1, 0.15) is 46.5 Å². The number of rotatable bonds is 5. The van der Waals surface area contributed by atoms with Crippen LogP contribution in [0.3, 0.4) is 0 Å². The highest BCUT2D eigenvalue weighted by Gasteiger charge is 2.21. The average molecular weight is 358 g/mol.